The number of carboxylic acid groups (broad SMARTS) is 1. The quantitative estimate of drug-likeness (QED) is 0.704. The maximum Gasteiger partial charge on any atom is 0.411 e. The second-order valence-electron chi connectivity index (χ2n) is 4.30. The van der Waals surface area contributed by atoms with Crippen molar-refractivity contribution in [1.82, 2.24) is 0 Å². The van der Waals surface area contributed by atoms with Crippen molar-refractivity contribution >= 4 is 51.9 Å². The van der Waals surface area contributed by atoms with Gasteiger partial charge >= 0.3 is 12.1 Å². The minimum atomic E-state index is -1.16. The van der Waals surface area contributed by atoms with Gasteiger partial charge in [0, 0.05) is 3.57 Å². The van der Waals surface area contributed by atoms with Crippen LogP contribution in [0, 0.1) is 3.57 Å². The van der Waals surface area contributed by atoms with E-state index in [0.717, 1.165) is 5.56 Å². The van der Waals surface area contributed by atoms with Crippen molar-refractivity contribution in [1.29, 1.82) is 0 Å². The van der Waals surface area contributed by atoms with Crippen molar-refractivity contribution < 1.29 is 19.4 Å². The van der Waals surface area contributed by atoms with Gasteiger partial charge < -0.3 is 9.84 Å². The number of benzene rings is 2. The van der Waals surface area contributed by atoms with E-state index in [4.69, 9.17) is 21.4 Å². The van der Waals surface area contributed by atoms with Crippen LogP contribution >= 0.6 is 34.2 Å². The summed E-state index contributed by atoms with van der Waals surface area (Å²) in [6.45, 7) is 0.0905. The van der Waals surface area contributed by atoms with Crippen LogP contribution in [0.1, 0.15) is 15.9 Å². The summed E-state index contributed by atoms with van der Waals surface area (Å²) in [5, 5.41) is 11.9. The first kappa shape index (κ1) is 16.6. The van der Waals surface area contributed by atoms with Crippen LogP contribution in [0.15, 0.2) is 42.5 Å². The van der Waals surface area contributed by atoms with Gasteiger partial charge in [-0.2, -0.15) is 0 Å². The summed E-state index contributed by atoms with van der Waals surface area (Å²) >= 11 is 7.87. The second kappa shape index (κ2) is 7.46. The average molecular weight is 432 g/mol. The molecule has 5 nitrogen and oxygen atoms in total. The largest absolute Gasteiger partial charge is 0.478 e. The molecule has 0 atom stereocenters. The van der Waals surface area contributed by atoms with E-state index in [2.05, 4.69) is 5.32 Å². The van der Waals surface area contributed by atoms with Crippen LogP contribution in [0.5, 0.6) is 0 Å². The Bertz CT molecular complexity index is 706. The predicted molar refractivity (Wildman–Crippen MR) is 91.4 cm³/mol. The lowest BCUT2D eigenvalue weighted by Crippen LogP contribution is -2.16. The minimum Gasteiger partial charge on any atom is -0.478 e. The van der Waals surface area contributed by atoms with E-state index < -0.39 is 12.1 Å². The molecule has 0 radical (unpaired) electrons. The lowest BCUT2D eigenvalue weighted by Gasteiger charge is -2.11. The number of carbonyl (C=O) groups excluding carboxylic acids is 1. The highest BCUT2D eigenvalue weighted by Crippen LogP contribution is 2.27. The van der Waals surface area contributed by atoms with Gasteiger partial charge in [0.25, 0.3) is 0 Å². The summed E-state index contributed by atoms with van der Waals surface area (Å²) in [6, 6.07) is 11.9. The summed E-state index contributed by atoms with van der Waals surface area (Å²) in [5.41, 5.74) is 0.873. The standard InChI is InChI=1S/C15H11ClINO4/c16-11-7-13(10(14(19)20)6-12(11)17)18-15(21)22-8-9-4-2-1-3-5-9/h1-7H,8H2,(H,18,21)(H,19,20). The number of ether oxygens (including phenoxy) is 1. The van der Waals surface area contributed by atoms with Crippen molar-refractivity contribution in [2.45, 2.75) is 6.61 Å². The van der Waals surface area contributed by atoms with Crippen LogP contribution in [0.2, 0.25) is 5.02 Å². The normalized spacial score (nSPS) is 10.1. The third-order valence-corrected chi connectivity index (χ3v) is 4.26. The molecule has 0 aromatic heterocycles. The number of rotatable bonds is 4. The van der Waals surface area contributed by atoms with E-state index >= 15 is 0 Å². The molecule has 0 bridgehead atoms. The molecule has 1 amide bonds. The molecule has 0 saturated heterocycles. The predicted octanol–water partition coefficient (Wildman–Crippen LogP) is 4.39. The van der Waals surface area contributed by atoms with E-state index in [1.807, 2.05) is 52.9 Å². The van der Waals surface area contributed by atoms with E-state index in [1.54, 1.807) is 0 Å². The smallest absolute Gasteiger partial charge is 0.411 e. The van der Waals surface area contributed by atoms with Gasteiger partial charge in [0.05, 0.1) is 16.3 Å². The molecule has 0 unspecified atom stereocenters. The Balaban J connectivity index is 2.08. The zero-order valence-electron chi connectivity index (χ0n) is 11.2. The first-order valence-electron chi connectivity index (χ1n) is 6.17. The van der Waals surface area contributed by atoms with E-state index in [1.165, 1.54) is 12.1 Å². The lowest BCUT2D eigenvalue weighted by molar-refractivity contribution is 0.0698. The molecule has 0 heterocycles. The van der Waals surface area contributed by atoms with Crippen LogP contribution in [0.4, 0.5) is 10.5 Å². The van der Waals surface area contributed by atoms with Crippen LogP contribution in [0.25, 0.3) is 0 Å². The molecule has 0 aliphatic carbocycles. The van der Waals surface area contributed by atoms with Gasteiger partial charge in [0.1, 0.15) is 6.61 Å². The van der Waals surface area contributed by atoms with Crippen molar-refractivity contribution in [2.75, 3.05) is 5.32 Å². The number of hydrogen-bond acceptors (Lipinski definition) is 3. The molecule has 2 aromatic carbocycles. The third-order valence-electron chi connectivity index (χ3n) is 2.74. The van der Waals surface area contributed by atoms with Crippen LogP contribution in [0.3, 0.4) is 0 Å². The number of carboxylic acids is 1. The second-order valence-corrected chi connectivity index (χ2v) is 5.87. The van der Waals surface area contributed by atoms with Crippen molar-refractivity contribution in [2.24, 2.45) is 0 Å². The fraction of sp³-hybridized carbons (Fsp3) is 0.0667. The molecule has 22 heavy (non-hydrogen) atoms. The molecule has 0 aliphatic heterocycles. The Morgan fingerprint density at radius 2 is 1.91 bits per heavy atom. The summed E-state index contributed by atoms with van der Waals surface area (Å²) in [4.78, 5) is 23.0. The molecule has 2 rings (SSSR count). The van der Waals surface area contributed by atoms with Gasteiger partial charge in [-0.3, -0.25) is 5.32 Å². The van der Waals surface area contributed by atoms with Gasteiger partial charge in [0.15, 0.2) is 0 Å². The Kier molecular flexibility index (Phi) is 5.62. The molecule has 2 N–H and O–H groups in total. The van der Waals surface area contributed by atoms with Crippen LogP contribution in [-0.4, -0.2) is 17.2 Å². The molecule has 0 fully saturated rings. The fourth-order valence-electron chi connectivity index (χ4n) is 1.70. The first-order valence-corrected chi connectivity index (χ1v) is 7.63. The number of carbonyl (C=O) groups is 2. The molecule has 0 spiro atoms. The highest BCUT2D eigenvalue weighted by Gasteiger charge is 2.16. The SMILES string of the molecule is O=C(Nc1cc(Cl)c(I)cc1C(=O)O)OCc1ccccc1. The zero-order chi connectivity index (χ0) is 16.1. The van der Waals surface area contributed by atoms with Crippen molar-refractivity contribution in [3.05, 3.63) is 62.2 Å². The lowest BCUT2D eigenvalue weighted by atomic mass is 10.2. The average Bonchev–Trinajstić information content (AvgIpc) is 2.49. The summed E-state index contributed by atoms with van der Waals surface area (Å²) in [7, 11) is 0. The van der Waals surface area contributed by atoms with Gasteiger partial charge in [-0.05, 0) is 40.3 Å². The summed E-state index contributed by atoms with van der Waals surface area (Å²) in [6.07, 6.45) is -0.747. The topological polar surface area (TPSA) is 75.6 Å². The summed E-state index contributed by atoms with van der Waals surface area (Å²) < 4.78 is 5.63. The molecular weight excluding hydrogens is 421 g/mol. The van der Waals surface area contributed by atoms with E-state index in [-0.39, 0.29) is 17.9 Å². The molecule has 114 valence electrons. The Hall–Kier alpha value is -1.80. The number of halogens is 2. The molecule has 0 aliphatic rings. The van der Waals surface area contributed by atoms with Gasteiger partial charge in [0.2, 0.25) is 0 Å². The molecule has 0 saturated carbocycles. The third kappa shape index (κ3) is 4.35. The molecule has 2 aromatic rings. The van der Waals surface area contributed by atoms with Crippen LogP contribution < -0.4 is 5.32 Å². The number of amides is 1. The molecule has 7 heteroatoms. The first-order chi connectivity index (χ1) is 10.5. The molecular formula is C15H11ClINO4. The van der Waals surface area contributed by atoms with Gasteiger partial charge in [-0.25, -0.2) is 9.59 Å². The monoisotopic (exact) mass is 431 g/mol. The van der Waals surface area contributed by atoms with Gasteiger partial charge in [-0.1, -0.05) is 41.9 Å². The van der Waals surface area contributed by atoms with Gasteiger partial charge in [-0.15, -0.1) is 0 Å². The van der Waals surface area contributed by atoms with E-state index in [9.17, 15) is 9.59 Å². The van der Waals surface area contributed by atoms with Crippen LogP contribution in [-0.2, 0) is 11.3 Å². The number of anilines is 1. The van der Waals surface area contributed by atoms with E-state index in [0.29, 0.717) is 8.59 Å². The highest BCUT2D eigenvalue weighted by atomic mass is 127. The number of hydrogen-bond donors (Lipinski definition) is 2. The Labute approximate surface area is 145 Å². The maximum atomic E-state index is 11.8. The number of nitrogens with one attached hydrogen (secondary N) is 1. The van der Waals surface area contributed by atoms with Crippen molar-refractivity contribution in [3.63, 3.8) is 0 Å². The minimum absolute atomic E-state index is 0.0505. The Morgan fingerprint density at radius 3 is 2.55 bits per heavy atom. The summed E-state index contributed by atoms with van der Waals surface area (Å²) in [5.74, 6) is -1.16. The highest BCUT2D eigenvalue weighted by molar-refractivity contribution is 14.1. The maximum absolute atomic E-state index is 11.8. The number of aromatic carboxylic acids is 1. The Morgan fingerprint density at radius 1 is 1.23 bits per heavy atom. The fourth-order valence-corrected chi connectivity index (χ4v) is 2.33. The van der Waals surface area contributed by atoms with Crippen molar-refractivity contribution in [3.8, 4) is 0 Å². The zero-order valence-corrected chi connectivity index (χ0v) is 14.1.